The molecule has 2 unspecified atom stereocenters. The van der Waals surface area contributed by atoms with Gasteiger partial charge in [0.1, 0.15) is 12.1 Å². The number of amides is 6. The molecule has 16 heteroatoms. The Bertz CT molecular complexity index is 1520. The molecule has 0 spiro atoms. The maximum Gasteiger partial charge on any atom is 0.409 e. The fourth-order valence-corrected chi connectivity index (χ4v) is 5.96. The summed E-state index contributed by atoms with van der Waals surface area (Å²) in [5.74, 6) is -1.91. The Morgan fingerprint density at radius 2 is 1.65 bits per heavy atom. The molecule has 3 aliphatic rings. The molecule has 1 aromatic heterocycles. The highest BCUT2D eigenvalue weighted by molar-refractivity contribution is 5.97. The molecule has 49 heavy (non-hydrogen) atoms. The zero-order valence-electron chi connectivity index (χ0n) is 27.9. The molecule has 3 N–H and O–H groups in total. The summed E-state index contributed by atoms with van der Waals surface area (Å²) in [7, 11) is 0. The quantitative estimate of drug-likeness (QED) is 0.286. The summed E-state index contributed by atoms with van der Waals surface area (Å²) in [5.41, 5.74) is 0.478. The first-order valence-electron chi connectivity index (χ1n) is 16.8. The number of benzene rings is 1. The van der Waals surface area contributed by atoms with Crippen LogP contribution < -0.4 is 20.7 Å². The van der Waals surface area contributed by atoms with E-state index < -0.39 is 30.0 Å². The molecule has 16 nitrogen and oxygen atoms in total. The Morgan fingerprint density at radius 1 is 0.939 bits per heavy atom. The summed E-state index contributed by atoms with van der Waals surface area (Å²) in [5, 5.41) is 12.7. The minimum Gasteiger partial charge on any atom is -0.467 e. The van der Waals surface area contributed by atoms with E-state index in [9.17, 15) is 28.8 Å². The molecular weight excluding hydrogens is 636 g/mol. The van der Waals surface area contributed by atoms with Gasteiger partial charge in [0, 0.05) is 58.3 Å². The molecule has 1 saturated carbocycles. The molecule has 3 fully saturated rings. The third-order valence-corrected chi connectivity index (χ3v) is 8.86. The number of carbonyl (C=O) groups excluding carboxylic acids is 6. The summed E-state index contributed by atoms with van der Waals surface area (Å²) in [6.07, 6.45) is 3.82. The average Bonchev–Trinajstić information content (AvgIpc) is 3.76. The standard InChI is InChI=1S/C33H44N8O8/c1-3-48-33(47)39-17-15-38(16-18-39)32(46)26(20-34-22(2)42)36-30(44)25-19-29(41(37-25)24-11-5-4-6-12-24)49-21-28(43)40-14-8-13-27(40)31(45)35-23-9-7-10-23/h4-6,11-12,19,23,26-27H,3,7-10,13-18,20-21H2,1-2H3,(H,34,42)(H,35,45)(H,36,44). The van der Waals surface area contributed by atoms with Crippen LogP contribution in [0.4, 0.5) is 4.79 Å². The van der Waals surface area contributed by atoms with Gasteiger partial charge in [-0.15, -0.1) is 0 Å². The van der Waals surface area contributed by atoms with Crippen LogP contribution in [0, 0.1) is 0 Å². The highest BCUT2D eigenvalue weighted by atomic mass is 16.6. The lowest BCUT2D eigenvalue weighted by Gasteiger charge is -2.35. The second-order valence-electron chi connectivity index (χ2n) is 12.3. The number of para-hydroxylation sites is 1. The third kappa shape index (κ3) is 8.86. The number of hydrogen-bond acceptors (Lipinski definition) is 9. The number of carbonyl (C=O) groups is 6. The van der Waals surface area contributed by atoms with Crippen LogP contribution in [0.25, 0.3) is 5.69 Å². The van der Waals surface area contributed by atoms with Crippen LogP contribution in [0.2, 0.25) is 0 Å². The van der Waals surface area contributed by atoms with Crippen molar-refractivity contribution >= 4 is 35.6 Å². The summed E-state index contributed by atoms with van der Waals surface area (Å²) in [4.78, 5) is 81.6. The molecule has 264 valence electrons. The first-order chi connectivity index (χ1) is 23.6. The Hall–Kier alpha value is -5.15. The number of rotatable bonds is 12. The van der Waals surface area contributed by atoms with E-state index >= 15 is 0 Å². The zero-order chi connectivity index (χ0) is 34.9. The van der Waals surface area contributed by atoms with Crippen molar-refractivity contribution in [2.45, 2.75) is 64.1 Å². The summed E-state index contributed by atoms with van der Waals surface area (Å²) < 4.78 is 12.4. The van der Waals surface area contributed by atoms with Crippen molar-refractivity contribution in [3.8, 4) is 11.6 Å². The maximum absolute atomic E-state index is 13.6. The number of aromatic nitrogens is 2. The van der Waals surface area contributed by atoms with E-state index in [2.05, 4.69) is 21.0 Å². The molecule has 2 atom stereocenters. The Labute approximate surface area is 284 Å². The van der Waals surface area contributed by atoms with Crippen LogP contribution in [0.1, 0.15) is 56.4 Å². The number of ether oxygens (including phenoxy) is 2. The second-order valence-corrected chi connectivity index (χ2v) is 12.3. The molecule has 2 saturated heterocycles. The van der Waals surface area contributed by atoms with Gasteiger partial charge in [-0.3, -0.25) is 24.0 Å². The molecule has 1 aromatic carbocycles. The van der Waals surface area contributed by atoms with E-state index in [-0.39, 0.29) is 81.3 Å². The topological polar surface area (TPSA) is 185 Å². The van der Waals surface area contributed by atoms with Crippen LogP contribution in [-0.2, 0) is 23.9 Å². The van der Waals surface area contributed by atoms with Gasteiger partial charge in [0.05, 0.1) is 12.3 Å². The van der Waals surface area contributed by atoms with Crippen molar-refractivity contribution in [2.75, 3.05) is 52.5 Å². The van der Waals surface area contributed by atoms with Crippen molar-refractivity contribution in [3.05, 3.63) is 42.1 Å². The van der Waals surface area contributed by atoms with Crippen molar-refractivity contribution in [2.24, 2.45) is 0 Å². The van der Waals surface area contributed by atoms with Crippen LogP contribution in [0.15, 0.2) is 36.4 Å². The first-order valence-corrected chi connectivity index (χ1v) is 16.8. The molecule has 3 heterocycles. The number of likely N-dealkylation sites (tertiary alicyclic amines) is 1. The van der Waals surface area contributed by atoms with Crippen molar-refractivity contribution in [1.29, 1.82) is 0 Å². The lowest BCUT2D eigenvalue weighted by molar-refractivity contribution is -0.140. The fraction of sp³-hybridized carbons (Fsp3) is 0.545. The summed E-state index contributed by atoms with van der Waals surface area (Å²) in [6, 6.07) is 8.75. The predicted octanol–water partition coefficient (Wildman–Crippen LogP) is 0.446. The van der Waals surface area contributed by atoms with E-state index in [0.29, 0.717) is 25.1 Å². The van der Waals surface area contributed by atoms with Gasteiger partial charge in [-0.25, -0.2) is 9.48 Å². The number of hydrogen-bond donors (Lipinski definition) is 3. The number of nitrogens with zero attached hydrogens (tertiary/aromatic N) is 5. The van der Waals surface area contributed by atoms with Gasteiger partial charge in [-0.1, -0.05) is 18.2 Å². The Kier molecular flexibility index (Phi) is 11.7. The largest absolute Gasteiger partial charge is 0.467 e. The minimum absolute atomic E-state index is 0.0852. The van der Waals surface area contributed by atoms with Crippen LogP contribution in [-0.4, -0.2) is 131 Å². The lowest BCUT2D eigenvalue weighted by atomic mass is 9.93. The van der Waals surface area contributed by atoms with Crippen LogP contribution in [0.5, 0.6) is 5.88 Å². The third-order valence-electron chi connectivity index (χ3n) is 8.86. The monoisotopic (exact) mass is 680 g/mol. The van der Waals surface area contributed by atoms with E-state index in [1.165, 1.54) is 32.4 Å². The van der Waals surface area contributed by atoms with E-state index in [4.69, 9.17) is 9.47 Å². The first kappa shape index (κ1) is 35.2. The normalized spacial score (nSPS) is 18.2. The number of nitrogens with one attached hydrogen (secondary N) is 3. The van der Waals surface area contributed by atoms with E-state index in [1.54, 1.807) is 31.2 Å². The minimum atomic E-state index is -1.13. The molecule has 0 radical (unpaired) electrons. The van der Waals surface area contributed by atoms with Crippen molar-refractivity contribution in [3.63, 3.8) is 0 Å². The lowest BCUT2D eigenvalue weighted by Crippen LogP contribution is -2.58. The van der Waals surface area contributed by atoms with Gasteiger partial charge < -0.3 is 40.1 Å². The van der Waals surface area contributed by atoms with Gasteiger partial charge in [0.15, 0.2) is 12.3 Å². The fourth-order valence-electron chi connectivity index (χ4n) is 5.96. The Balaban J connectivity index is 1.27. The van der Waals surface area contributed by atoms with Gasteiger partial charge in [-0.2, -0.15) is 5.10 Å². The van der Waals surface area contributed by atoms with E-state index in [1.807, 2.05) is 6.07 Å². The van der Waals surface area contributed by atoms with Crippen molar-refractivity contribution in [1.82, 2.24) is 40.4 Å². The van der Waals surface area contributed by atoms with Crippen LogP contribution >= 0.6 is 0 Å². The predicted molar refractivity (Wildman–Crippen MR) is 175 cm³/mol. The molecule has 6 amide bonds. The maximum atomic E-state index is 13.6. The highest BCUT2D eigenvalue weighted by Gasteiger charge is 2.36. The van der Waals surface area contributed by atoms with Crippen LogP contribution in [0.3, 0.4) is 0 Å². The zero-order valence-corrected chi connectivity index (χ0v) is 27.9. The van der Waals surface area contributed by atoms with E-state index in [0.717, 1.165) is 19.3 Å². The molecule has 2 aromatic rings. The molecular formula is C33H44N8O8. The Morgan fingerprint density at radius 3 is 2.31 bits per heavy atom. The van der Waals surface area contributed by atoms with Gasteiger partial charge in [0.25, 0.3) is 11.8 Å². The van der Waals surface area contributed by atoms with Gasteiger partial charge >= 0.3 is 6.09 Å². The molecule has 5 rings (SSSR count). The van der Waals surface area contributed by atoms with Gasteiger partial charge in [-0.05, 0) is 51.2 Å². The number of piperazine rings is 1. The summed E-state index contributed by atoms with van der Waals surface area (Å²) in [6.45, 7) is 4.12. The molecule has 0 bridgehead atoms. The average molecular weight is 681 g/mol. The van der Waals surface area contributed by atoms with Crippen molar-refractivity contribution < 1.29 is 38.2 Å². The smallest absolute Gasteiger partial charge is 0.409 e. The molecule has 2 aliphatic heterocycles. The highest BCUT2D eigenvalue weighted by Crippen LogP contribution is 2.23. The molecule has 1 aliphatic carbocycles. The second kappa shape index (κ2) is 16.3. The summed E-state index contributed by atoms with van der Waals surface area (Å²) >= 11 is 0. The SMILES string of the molecule is CCOC(=O)N1CCN(C(=O)C(CNC(C)=O)NC(=O)c2cc(OCC(=O)N3CCCC3C(=O)NC3CCC3)n(-c3ccccc3)n2)CC1. The van der Waals surface area contributed by atoms with Gasteiger partial charge in [0.2, 0.25) is 23.6 Å².